The normalized spacial score (nSPS) is 20.8. The van der Waals surface area contributed by atoms with E-state index in [1.54, 1.807) is 7.11 Å². The number of halogens is 2. The quantitative estimate of drug-likeness (QED) is 0.906. The zero-order chi connectivity index (χ0) is 13.8. The first kappa shape index (κ1) is 19.6. The van der Waals surface area contributed by atoms with Gasteiger partial charge in [-0.1, -0.05) is 12.1 Å². The third kappa shape index (κ3) is 4.76. The minimum Gasteiger partial charge on any atom is -0.497 e. The van der Waals surface area contributed by atoms with Crippen molar-refractivity contribution in [2.75, 3.05) is 33.3 Å². The highest BCUT2D eigenvalue weighted by Gasteiger charge is 2.35. The number of hydrogen-bond donors (Lipinski definition) is 1. The van der Waals surface area contributed by atoms with Gasteiger partial charge in [-0.3, -0.25) is 4.90 Å². The number of likely N-dealkylation sites (tertiary alicyclic amines) is 1. The molecule has 0 radical (unpaired) electrons. The summed E-state index contributed by atoms with van der Waals surface area (Å²) in [6.45, 7) is 5.99. The maximum atomic E-state index is 5.31. The zero-order valence-electron chi connectivity index (χ0n) is 13.3. The van der Waals surface area contributed by atoms with Gasteiger partial charge in [0.2, 0.25) is 0 Å². The molecule has 1 spiro atoms. The molecule has 0 bridgehead atoms. The number of benzene rings is 1. The molecule has 0 saturated carbocycles. The van der Waals surface area contributed by atoms with Crippen molar-refractivity contribution in [1.82, 2.24) is 10.2 Å². The minimum atomic E-state index is 0. The van der Waals surface area contributed by atoms with Gasteiger partial charge in [0.1, 0.15) is 5.75 Å². The van der Waals surface area contributed by atoms with E-state index in [1.165, 1.54) is 57.4 Å². The van der Waals surface area contributed by atoms with Gasteiger partial charge in [-0.25, -0.2) is 0 Å². The van der Waals surface area contributed by atoms with Crippen molar-refractivity contribution in [2.24, 2.45) is 5.41 Å². The number of ether oxygens (including phenoxy) is 1. The minimum absolute atomic E-state index is 0. The van der Waals surface area contributed by atoms with E-state index in [0.29, 0.717) is 5.41 Å². The van der Waals surface area contributed by atoms with Gasteiger partial charge in [-0.05, 0) is 75.0 Å². The molecule has 2 aliphatic rings. The van der Waals surface area contributed by atoms with Crippen LogP contribution in [0.4, 0.5) is 0 Å². The summed E-state index contributed by atoms with van der Waals surface area (Å²) in [6, 6.07) is 8.47. The standard InChI is InChI=1S/C17H26N2O.2ClH/c1-20-16-4-2-3-15(13-16)14-19-11-7-17(8-12-19)5-9-18-10-6-17;;/h2-4,13,18H,5-12,14H2,1H3;2*1H. The molecule has 3 nitrogen and oxygen atoms in total. The number of nitrogens with one attached hydrogen (secondary N) is 1. The van der Waals surface area contributed by atoms with Crippen molar-refractivity contribution < 1.29 is 4.74 Å². The first-order valence-electron chi connectivity index (χ1n) is 7.86. The van der Waals surface area contributed by atoms with E-state index in [-0.39, 0.29) is 24.8 Å². The zero-order valence-corrected chi connectivity index (χ0v) is 15.0. The Hall–Kier alpha value is -0.480. The predicted molar refractivity (Wildman–Crippen MR) is 96.5 cm³/mol. The Bertz CT molecular complexity index is 440. The molecule has 1 N–H and O–H groups in total. The van der Waals surface area contributed by atoms with Gasteiger partial charge >= 0.3 is 0 Å². The summed E-state index contributed by atoms with van der Waals surface area (Å²) in [5.41, 5.74) is 2.02. The van der Waals surface area contributed by atoms with Gasteiger partial charge in [0.25, 0.3) is 0 Å². The molecule has 0 atom stereocenters. The molecule has 126 valence electrons. The third-order valence-corrected chi connectivity index (χ3v) is 5.12. The lowest BCUT2D eigenvalue weighted by atomic mass is 9.71. The molecule has 5 heteroatoms. The van der Waals surface area contributed by atoms with Crippen LogP contribution in [-0.2, 0) is 6.54 Å². The van der Waals surface area contributed by atoms with Crippen LogP contribution in [0.5, 0.6) is 5.75 Å². The van der Waals surface area contributed by atoms with E-state index in [0.717, 1.165) is 12.3 Å². The van der Waals surface area contributed by atoms with Crippen molar-refractivity contribution in [3.05, 3.63) is 29.8 Å². The van der Waals surface area contributed by atoms with E-state index in [1.807, 2.05) is 6.07 Å². The van der Waals surface area contributed by atoms with Crippen LogP contribution in [0.25, 0.3) is 0 Å². The molecule has 3 rings (SSSR count). The summed E-state index contributed by atoms with van der Waals surface area (Å²) < 4.78 is 5.31. The van der Waals surface area contributed by atoms with Crippen molar-refractivity contribution in [3.63, 3.8) is 0 Å². The topological polar surface area (TPSA) is 24.5 Å². The molecule has 22 heavy (non-hydrogen) atoms. The second-order valence-electron chi connectivity index (χ2n) is 6.38. The fraction of sp³-hybridized carbons (Fsp3) is 0.647. The van der Waals surface area contributed by atoms with E-state index < -0.39 is 0 Å². The highest BCUT2D eigenvalue weighted by molar-refractivity contribution is 5.85. The highest BCUT2D eigenvalue weighted by Crippen LogP contribution is 2.39. The first-order valence-corrected chi connectivity index (χ1v) is 7.86. The largest absolute Gasteiger partial charge is 0.497 e. The highest BCUT2D eigenvalue weighted by atomic mass is 35.5. The summed E-state index contributed by atoms with van der Waals surface area (Å²) >= 11 is 0. The van der Waals surface area contributed by atoms with E-state index in [4.69, 9.17) is 4.74 Å². The molecule has 2 fully saturated rings. The maximum absolute atomic E-state index is 5.31. The lowest BCUT2D eigenvalue weighted by molar-refractivity contribution is 0.0701. The molecule has 2 saturated heterocycles. The molecule has 0 amide bonds. The van der Waals surface area contributed by atoms with Crippen molar-refractivity contribution >= 4 is 24.8 Å². The lowest BCUT2D eigenvalue weighted by Gasteiger charge is -2.44. The molecule has 2 heterocycles. The molecular weight excluding hydrogens is 319 g/mol. The Morgan fingerprint density at radius 2 is 1.77 bits per heavy atom. The summed E-state index contributed by atoms with van der Waals surface area (Å²) in [4.78, 5) is 2.60. The van der Waals surface area contributed by atoms with Crippen LogP contribution >= 0.6 is 24.8 Å². The average molecular weight is 347 g/mol. The van der Waals surface area contributed by atoms with Crippen LogP contribution in [0.3, 0.4) is 0 Å². The Labute approximate surface area is 146 Å². The average Bonchev–Trinajstić information content (AvgIpc) is 2.51. The maximum Gasteiger partial charge on any atom is 0.119 e. The third-order valence-electron chi connectivity index (χ3n) is 5.12. The van der Waals surface area contributed by atoms with Gasteiger partial charge in [0.05, 0.1) is 7.11 Å². The molecule has 1 aromatic rings. The summed E-state index contributed by atoms with van der Waals surface area (Å²) in [6.07, 6.45) is 5.50. The van der Waals surface area contributed by atoms with Crippen LogP contribution in [0.2, 0.25) is 0 Å². The Morgan fingerprint density at radius 3 is 2.41 bits per heavy atom. The second-order valence-corrected chi connectivity index (χ2v) is 6.38. The molecule has 1 aromatic carbocycles. The van der Waals surface area contributed by atoms with Crippen LogP contribution in [0, 0.1) is 5.41 Å². The summed E-state index contributed by atoms with van der Waals surface area (Å²) in [5.74, 6) is 0.967. The van der Waals surface area contributed by atoms with Gasteiger partial charge in [-0.2, -0.15) is 0 Å². The van der Waals surface area contributed by atoms with Crippen LogP contribution in [-0.4, -0.2) is 38.2 Å². The number of rotatable bonds is 3. The Kier molecular flexibility index (Phi) is 7.98. The number of nitrogens with zero attached hydrogens (tertiary/aromatic N) is 1. The fourth-order valence-corrected chi connectivity index (χ4v) is 3.67. The molecular formula is C17H28Cl2N2O. The summed E-state index contributed by atoms with van der Waals surface area (Å²) in [5, 5.41) is 3.49. The van der Waals surface area contributed by atoms with Gasteiger partial charge in [0, 0.05) is 6.54 Å². The number of methoxy groups -OCH3 is 1. The molecule has 2 aliphatic heterocycles. The number of hydrogen-bond acceptors (Lipinski definition) is 3. The van der Waals surface area contributed by atoms with Crippen molar-refractivity contribution in [3.8, 4) is 5.75 Å². The first-order chi connectivity index (χ1) is 9.80. The number of piperidine rings is 2. The van der Waals surface area contributed by atoms with E-state index >= 15 is 0 Å². The summed E-state index contributed by atoms with van der Waals surface area (Å²) in [7, 11) is 1.74. The molecule has 0 aromatic heterocycles. The van der Waals surface area contributed by atoms with Crippen LogP contribution in [0.1, 0.15) is 31.2 Å². The SMILES string of the molecule is COc1cccc(CN2CCC3(CCNCC3)CC2)c1.Cl.Cl. The van der Waals surface area contributed by atoms with E-state index in [2.05, 4.69) is 28.4 Å². The smallest absolute Gasteiger partial charge is 0.119 e. The van der Waals surface area contributed by atoms with Gasteiger partial charge in [-0.15, -0.1) is 24.8 Å². The monoisotopic (exact) mass is 346 g/mol. The Morgan fingerprint density at radius 1 is 1.09 bits per heavy atom. The van der Waals surface area contributed by atoms with Crippen LogP contribution < -0.4 is 10.1 Å². The van der Waals surface area contributed by atoms with Crippen molar-refractivity contribution in [1.29, 1.82) is 0 Å². The fourth-order valence-electron chi connectivity index (χ4n) is 3.67. The second kappa shape index (κ2) is 8.97. The molecule has 0 aliphatic carbocycles. The Balaban J connectivity index is 0.00000121. The van der Waals surface area contributed by atoms with E-state index in [9.17, 15) is 0 Å². The van der Waals surface area contributed by atoms with Crippen LogP contribution in [0.15, 0.2) is 24.3 Å². The predicted octanol–water partition coefficient (Wildman–Crippen LogP) is 3.50. The lowest BCUT2D eigenvalue weighted by Crippen LogP contribution is -2.45. The molecule has 0 unspecified atom stereocenters. The van der Waals surface area contributed by atoms with Gasteiger partial charge < -0.3 is 10.1 Å². The van der Waals surface area contributed by atoms with Crippen molar-refractivity contribution in [2.45, 2.75) is 32.2 Å². The van der Waals surface area contributed by atoms with Gasteiger partial charge in [0.15, 0.2) is 0 Å².